The smallest absolute Gasteiger partial charge is 0.216 e. The topological polar surface area (TPSA) is 82.5 Å². The number of aliphatic hydroxyl groups excluding tert-OH is 2. The minimum absolute atomic E-state index is 0.173. The van der Waals surface area contributed by atoms with Crippen molar-refractivity contribution in [2.24, 2.45) is 0 Å². The summed E-state index contributed by atoms with van der Waals surface area (Å²) in [4.78, 5) is 14.4. The van der Waals surface area contributed by atoms with E-state index < -0.39 is 12.2 Å². The Morgan fingerprint density at radius 1 is 1.59 bits per heavy atom. The maximum absolute atomic E-state index is 10.6. The molecule has 17 heavy (non-hydrogen) atoms. The number of pyridine rings is 1. The van der Waals surface area contributed by atoms with E-state index in [1.165, 1.54) is 19.3 Å². The number of halogens is 1. The normalized spacial score (nSPS) is 14.1. The zero-order valence-electron chi connectivity index (χ0n) is 9.43. The Bertz CT molecular complexity index is 387. The van der Waals surface area contributed by atoms with Gasteiger partial charge in [0.05, 0.1) is 11.1 Å². The molecule has 2 unspecified atom stereocenters. The maximum atomic E-state index is 10.6. The highest BCUT2D eigenvalue weighted by Crippen LogP contribution is 2.25. The van der Waals surface area contributed by atoms with Crippen LogP contribution < -0.4 is 5.32 Å². The second kappa shape index (κ2) is 6.54. The third-order valence-corrected chi connectivity index (χ3v) is 2.62. The van der Waals surface area contributed by atoms with E-state index in [9.17, 15) is 15.0 Å². The number of nitrogens with one attached hydrogen (secondary N) is 1. The highest BCUT2D eigenvalue weighted by molar-refractivity contribution is 6.31. The van der Waals surface area contributed by atoms with Gasteiger partial charge in [0.25, 0.3) is 0 Å². The van der Waals surface area contributed by atoms with Gasteiger partial charge in [-0.3, -0.25) is 9.78 Å². The molecule has 0 spiro atoms. The van der Waals surface area contributed by atoms with Crippen LogP contribution in [0.25, 0.3) is 0 Å². The van der Waals surface area contributed by atoms with E-state index in [0.717, 1.165) is 0 Å². The first kappa shape index (κ1) is 13.9. The third-order valence-electron chi connectivity index (χ3n) is 2.30. The Kier molecular flexibility index (Phi) is 5.34. The average molecular weight is 259 g/mol. The maximum Gasteiger partial charge on any atom is 0.216 e. The van der Waals surface area contributed by atoms with Crippen molar-refractivity contribution in [2.45, 2.75) is 25.6 Å². The number of aromatic nitrogens is 1. The number of carbonyl (C=O) groups excluding carboxylic acids is 1. The molecular weight excluding hydrogens is 244 g/mol. The highest BCUT2D eigenvalue weighted by Gasteiger charge is 2.20. The lowest BCUT2D eigenvalue weighted by atomic mass is 10.0. The van der Waals surface area contributed by atoms with E-state index in [0.29, 0.717) is 17.1 Å². The molecule has 2 atom stereocenters. The molecule has 0 aliphatic carbocycles. The summed E-state index contributed by atoms with van der Waals surface area (Å²) in [7, 11) is 0. The molecule has 0 fully saturated rings. The number of rotatable bonds is 5. The van der Waals surface area contributed by atoms with E-state index in [2.05, 4.69) is 10.3 Å². The molecule has 1 rings (SSSR count). The summed E-state index contributed by atoms with van der Waals surface area (Å²) in [6.07, 6.45) is 1.08. The molecule has 1 aromatic rings. The number of hydrogen-bond donors (Lipinski definition) is 3. The van der Waals surface area contributed by atoms with Gasteiger partial charge < -0.3 is 15.5 Å². The first-order valence-corrected chi connectivity index (χ1v) is 5.60. The van der Waals surface area contributed by atoms with Gasteiger partial charge in [0, 0.05) is 31.4 Å². The van der Waals surface area contributed by atoms with E-state index in [1.807, 2.05) is 0 Å². The lowest BCUT2D eigenvalue weighted by molar-refractivity contribution is -0.119. The Morgan fingerprint density at radius 2 is 2.29 bits per heavy atom. The van der Waals surface area contributed by atoms with Crippen molar-refractivity contribution in [1.29, 1.82) is 0 Å². The Hall–Kier alpha value is -1.17. The standard InChI is InChI=1S/C11H15ClN2O3/c1-7(15)14-5-3-10(16)11(17)8-2-4-13-6-9(8)12/h2,4,6,10-11,16-17H,3,5H2,1H3,(H,14,15). The summed E-state index contributed by atoms with van der Waals surface area (Å²) in [6.45, 7) is 1.69. The van der Waals surface area contributed by atoms with Crippen molar-refractivity contribution in [3.8, 4) is 0 Å². The fourth-order valence-electron chi connectivity index (χ4n) is 1.39. The molecular formula is C11H15ClN2O3. The van der Waals surface area contributed by atoms with Gasteiger partial charge >= 0.3 is 0 Å². The molecule has 0 saturated carbocycles. The van der Waals surface area contributed by atoms with Crippen molar-refractivity contribution in [3.63, 3.8) is 0 Å². The second-order valence-electron chi connectivity index (χ2n) is 3.68. The summed E-state index contributed by atoms with van der Waals surface area (Å²) in [5, 5.41) is 22.4. The van der Waals surface area contributed by atoms with E-state index in [-0.39, 0.29) is 12.3 Å². The number of amides is 1. The summed E-state index contributed by atoms with van der Waals surface area (Å²) in [6, 6.07) is 1.55. The largest absolute Gasteiger partial charge is 0.390 e. The fraction of sp³-hybridized carbons (Fsp3) is 0.455. The van der Waals surface area contributed by atoms with Crippen molar-refractivity contribution in [1.82, 2.24) is 10.3 Å². The zero-order chi connectivity index (χ0) is 12.8. The zero-order valence-corrected chi connectivity index (χ0v) is 10.2. The minimum Gasteiger partial charge on any atom is -0.390 e. The summed E-state index contributed by atoms with van der Waals surface area (Å²) in [5.41, 5.74) is 0.428. The van der Waals surface area contributed by atoms with Gasteiger partial charge in [-0.05, 0) is 12.5 Å². The molecule has 0 saturated heterocycles. The fourth-order valence-corrected chi connectivity index (χ4v) is 1.62. The van der Waals surface area contributed by atoms with E-state index in [4.69, 9.17) is 11.6 Å². The molecule has 3 N–H and O–H groups in total. The van der Waals surface area contributed by atoms with Crippen LogP contribution in [-0.4, -0.2) is 33.8 Å². The van der Waals surface area contributed by atoms with Crippen LogP contribution >= 0.6 is 11.6 Å². The van der Waals surface area contributed by atoms with Gasteiger partial charge in [-0.2, -0.15) is 0 Å². The first-order valence-electron chi connectivity index (χ1n) is 5.22. The number of hydrogen-bond acceptors (Lipinski definition) is 4. The summed E-state index contributed by atoms with van der Waals surface area (Å²) in [5.74, 6) is -0.173. The summed E-state index contributed by atoms with van der Waals surface area (Å²) >= 11 is 5.84. The molecule has 0 aliphatic rings. The molecule has 1 heterocycles. The van der Waals surface area contributed by atoms with Crippen LogP contribution in [0.1, 0.15) is 25.0 Å². The number of nitrogens with zero attached hydrogens (tertiary/aromatic N) is 1. The lowest BCUT2D eigenvalue weighted by Gasteiger charge is -2.18. The van der Waals surface area contributed by atoms with Crippen LogP contribution in [0.5, 0.6) is 0 Å². The molecule has 6 heteroatoms. The van der Waals surface area contributed by atoms with Crippen LogP contribution in [-0.2, 0) is 4.79 Å². The lowest BCUT2D eigenvalue weighted by Crippen LogP contribution is -2.27. The highest BCUT2D eigenvalue weighted by atomic mass is 35.5. The molecule has 1 aromatic heterocycles. The Labute approximate surface area is 104 Å². The number of carbonyl (C=O) groups is 1. The van der Waals surface area contributed by atoms with Gasteiger partial charge in [-0.1, -0.05) is 11.6 Å². The molecule has 0 aliphatic heterocycles. The van der Waals surface area contributed by atoms with Crippen molar-refractivity contribution in [3.05, 3.63) is 29.0 Å². The van der Waals surface area contributed by atoms with Gasteiger partial charge in [0.2, 0.25) is 5.91 Å². The first-order chi connectivity index (χ1) is 8.02. The van der Waals surface area contributed by atoms with Gasteiger partial charge in [0.1, 0.15) is 6.10 Å². The quantitative estimate of drug-likeness (QED) is 0.724. The van der Waals surface area contributed by atoms with Crippen LogP contribution in [0.4, 0.5) is 0 Å². The molecule has 0 aromatic carbocycles. The molecule has 1 amide bonds. The van der Waals surface area contributed by atoms with E-state index >= 15 is 0 Å². The Morgan fingerprint density at radius 3 is 2.88 bits per heavy atom. The molecule has 0 radical (unpaired) electrons. The van der Waals surface area contributed by atoms with Gasteiger partial charge in [-0.25, -0.2) is 0 Å². The predicted molar refractivity (Wildman–Crippen MR) is 63.5 cm³/mol. The van der Waals surface area contributed by atoms with Crippen molar-refractivity contribution >= 4 is 17.5 Å². The predicted octanol–water partition coefficient (Wildman–Crippen LogP) is 0.655. The number of aliphatic hydroxyl groups is 2. The molecule has 5 nitrogen and oxygen atoms in total. The monoisotopic (exact) mass is 258 g/mol. The summed E-state index contributed by atoms with van der Waals surface area (Å²) < 4.78 is 0. The Balaban J connectivity index is 2.55. The third kappa shape index (κ3) is 4.30. The van der Waals surface area contributed by atoms with Crippen LogP contribution in [0.3, 0.4) is 0 Å². The van der Waals surface area contributed by atoms with Gasteiger partial charge in [0.15, 0.2) is 0 Å². The van der Waals surface area contributed by atoms with Crippen molar-refractivity contribution < 1.29 is 15.0 Å². The van der Waals surface area contributed by atoms with Crippen molar-refractivity contribution in [2.75, 3.05) is 6.54 Å². The molecule has 0 bridgehead atoms. The second-order valence-corrected chi connectivity index (χ2v) is 4.09. The minimum atomic E-state index is -1.08. The van der Waals surface area contributed by atoms with Crippen LogP contribution in [0.2, 0.25) is 5.02 Å². The molecule has 94 valence electrons. The average Bonchev–Trinajstić information content (AvgIpc) is 2.28. The van der Waals surface area contributed by atoms with Crippen LogP contribution in [0, 0.1) is 0 Å². The van der Waals surface area contributed by atoms with Crippen LogP contribution in [0.15, 0.2) is 18.5 Å². The SMILES string of the molecule is CC(=O)NCCC(O)C(O)c1ccncc1Cl. The van der Waals surface area contributed by atoms with E-state index in [1.54, 1.807) is 6.07 Å². The van der Waals surface area contributed by atoms with Gasteiger partial charge in [-0.15, -0.1) is 0 Å².